The van der Waals surface area contributed by atoms with Crippen molar-refractivity contribution in [3.63, 3.8) is 0 Å². The normalized spacial score (nSPS) is 19.7. The fourth-order valence-electron chi connectivity index (χ4n) is 1.61. The summed E-state index contributed by atoms with van der Waals surface area (Å²) in [5, 5.41) is 0.900. The van der Waals surface area contributed by atoms with Gasteiger partial charge in [0.2, 0.25) is 0 Å². The molecule has 0 spiro atoms. The molecule has 1 aliphatic carbocycles. The van der Waals surface area contributed by atoms with Crippen molar-refractivity contribution in [1.82, 2.24) is 0 Å². The molecule has 2 rings (SSSR count). The lowest BCUT2D eigenvalue weighted by Gasteiger charge is -2.08. The van der Waals surface area contributed by atoms with Crippen LogP contribution >= 0.6 is 22.9 Å². The average Bonchev–Trinajstić information content (AvgIpc) is 2.62. The summed E-state index contributed by atoms with van der Waals surface area (Å²) in [4.78, 5) is 2.48. The highest BCUT2D eigenvalue weighted by Crippen LogP contribution is 2.49. The molecule has 0 atom stereocenters. The van der Waals surface area contributed by atoms with Crippen LogP contribution < -0.4 is 5.73 Å². The SMILES string of the molecule is Cc1sc(C)c(C2(N)CC2)c1Cl. The van der Waals surface area contributed by atoms with Gasteiger partial charge in [0.1, 0.15) is 0 Å². The Bertz CT molecular complexity index is 326. The van der Waals surface area contributed by atoms with Crippen LogP contribution in [-0.4, -0.2) is 0 Å². The Morgan fingerprint density at radius 3 is 2.25 bits per heavy atom. The number of thiophene rings is 1. The monoisotopic (exact) mass is 201 g/mol. The van der Waals surface area contributed by atoms with Gasteiger partial charge in [0, 0.05) is 20.9 Å². The zero-order valence-corrected chi connectivity index (χ0v) is 8.85. The molecular formula is C9H12ClNS. The van der Waals surface area contributed by atoms with Crippen LogP contribution in [0.1, 0.15) is 28.2 Å². The molecule has 2 N–H and O–H groups in total. The fourth-order valence-corrected chi connectivity index (χ4v) is 3.17. The molecule has 0 aromatic carbocycles. The maximum Gasteiger partial charge on any atom is 0.0595 e. The van der Waals surface area contributed by atoms with Crippen molar-refractivity contribution in [2.24, 2.45) is 5.73 Å². The molecular weight excluding hydrogens is 190 g/mol. The summed E-state index contributed by atoms with van der Waals surface area (Å²) < 4.78 is 0. The van der Waals surface area contributed by atoms with E-state index in [1.54, 1.807) is 11.3 Å². The summed E-state index contributed by atoms with van der Waals surface area (Å²) in [6.07, 6.45) is 2.17. The van der Waals surface area contributed by atoms with Gasteiger partial charge in [0.25, 0.3) is 0 Å². The second-order valence-corrected chi connectivity index (χ2v) is 5.37. The van der Waals surface area contributed by atoms with Gasteiger partial charge < -0.3 is 5.73 Å². The molecule has 0 aliphatic heterocycles. The van der Waals surface area contributed by atoms with Crippen molar-refractivity contribution in [3.05, 3.63) is 20.3 Å². The molecule has 0 unspecified atom stereocenters. The van der Waals surface area contributed by atoms with Gasteiger partial charge in [0.05, 0.1) is 5.02 Å². The first-order valence-electron chi connectivity index (χ1n) is 4.09. The summed E-state index contributed by atoms with van der Waals surface area (Å²) in [6.45, 7) is 4.15. The number of hydrogen-bond donors (Lipinski definition) is 1. The molecule has 66 valence electrons. The first-order chi connectivity index (χ1) is 5.54. The van der Waals surface area contributed by atoms with Gasteiger partial charge >= 0.3 is 0 Å². The van der Waals surface area contributed by atoms with E-state index in [9.17, 15) is 0 Å². The molecule has 0 bridgehead atoms. The Morgan fingerprint density at radius 1 is 1.33 bits per heavy atom. The molecule has 1 heterocycles. The zero-order chi connectivity index (χ0) is 8.93. The average molecular weight is 202 g/mol. The summed E-state index contributed by atoms with van der Waals surface area (Å²) in [7, 11) is 0. The van der Waals surface area contributed by atoms with Crippen LogP contribution in [0.2, 0.25) is 5.02 Å². The topological polar surface area (TPSA) is 26.0 Å². The Hall–Kier alpha value is -0.0500. The van der Waals surface area contributed by atoms with E-state index in [4.69, 9.17) is 17.3 Å². The van der Waals surface area contributed by atoms with Crippen molar-refractivity contribution < 1.29 is 0 Å². The van der Waals surface area contributed by atoms with Gasteiger partial charge in [-0.15, -0.1) is 11.3 Å². The summed E-state index contributed by atoms with van der Waals surface area (Å²) in [5.74, 6) is 0. The molecule has 1 fully saturated rings. The Labute approximate surface area is 81.5 Å². The summed E-state index contributed by atoms with van der Waals surface area (Å²) >= 11 is 7.92. The maximum absolute atomic E-state index is 6.17. The second kappa shape index (κ2) is 2.47. The smallest absolute Gasteiger partial charge is 0.0595 e. The van der Waals surface area contributed by atoms with Crippen molar-refractivity contribution in [2.45, 2.75) is 32.2 Å². The van der Waals surface area contributed by atoms with Crippen LogP contribution in [0.15, 0.2) is 0 Å². The lowest BCUT2D eigenvalue weighted by molar-refractivity contribution is 0.738. The second-order valence-electron chi connectivity index (χ2n) is 3.56. The molecule has 0 amide bonds. The third kappa shape index (κ3) is 1.10. The van der Waals surface area contributed by atoms with E-state index in [1.807, 2.05) is 0 Å². The van der Waals surface area contributed by atoms with E-state index < -0.39 is 0 Å². The summed E-state index contributed by atoms with van der Waals surface area (Å²) in [5.41, 5.74) is 7.23. The van der Waals surface area contributed by atoms with E-state index in [1.165, 1.54) is 15.3 Å². The minimum atomic E-state index is -0.0775. The van der Waals surface area contributed by atoms with Crippen LogP contribution in [0.3, 0.4) is 0 Å². The number of rotatable bonds is 1. The largest absolute Gasteiger partial charge is 0.321 e. The first kappa shape index (κ1) is 8.54. The van der Waals surface area contributed by atoms with Gasteiger partial charge in [-0.3, -0.25) is 0 Å². The number of aryl methyl sites for hydroxylation is 2. The predicted octanol–water partition coefficient (Wildman–Crippen LogP) is 2.97. The number of hydrogen-bond acceptors (Lipinski definition) is 2. The van der Waals surface area contributed by atoms with E-state index in [0.29, 0.717) is 0 Å². The Morgan fingerprint density at radius 2 is 1.92 bits per heavy atom. The minimum Gasteiger partial charge on any atom is -0.321 e. The molecule has 12 heavy (non-hydrogen) atoms. The molecule has 3 heteroatoms. The van der Waals surface area contributed by atoms with Gasteiger partial charge in [-0.25, -0.2) is 0 Å². The fraction of sp³-hybridized carbons (Fsp3) is 0.556. The lowest BCUT2D eigenvalue weighted by Crippen LogP contribution is -2.19. The highest BCUT2D eigenvalue weighted by atomic mass is 35.5. The Kier molecular flexibility index (Phi) is 1.76. The van der Waals surface area contributed by atoms with E-state index >= 15 is 0 Å². The third-order valence-electron chi connectivity index (χ3n) is 2.47. The van der Waals surface area contributed by atoms with E-state index in [2.05, 4.69) is 13.8 Å². The molecule has 1 aliphatic rings. The summed E-state index contributed by atoms with van der Waals surface area (Å²) in [6, 6.07) is 0. The van der Waals surface area contributed by atoms with E-state index in [0.717, 1.165) is 17.9 Å². The number of nitrogens with two attached hydrogens (primary N) is 1. The highest BCUT2D eigenvalue weighted by Gasteiger charge is 2.43. The first-order valence-corrected chi connectivity index (χ1v) is 5.29. The highest BCUT2D eigenvalue weighted by molar-refractivity contribution is 7.12. The van der Waals surface area contributed by atoms with Gasteiger partial charge in [-0.2, -0.15) is 0 Å². The molecule has 0 radical (unpaired) electrons. The molecule has 1 nitrogen and oxygen atoms in total. The van der Waals surface area contributed by atoms with Crippen LogP contribution in [0.25, 0.3) is 0 Å². The molecule has 1 aromatic heterocycles. The van der Waals surface area contributed by atoms with Crippen LogP contribution in [-0.2, 0) is 5.54 Å². The predicted molar refractivity (Wildman–Crippen MR) is 53.9 cm³/mol. The molecule has 1 saturated carbocycles. The van der Waals surface area contributed by atoms with Crippen molar-refractivity contribution >= 4 is 22.9 Å². The van der Waals surface area contributed by atoms with Gasteiger partial charge in [0.15, 0.2) is 0 Å². The maximum atomic E-state index is 6.17. The zero-order valence-electron chi connectivity index (χ0n) is 7.28. The quantitative estimate of drug-likeness (QED) is 0.743. The van der Waals surface area contributed by atoms with E-state index in [-0.39, 0.29) is 5.54 Å². The number of halogens is 1. The van der Waals surface area contributed by atoms with Crippen LogP contribution in [0.5, 0.6) is 0 Å². The molecule has 0 saturated heterocycles. The van der Waals surface area contributed by atoms with Crippen LogP contribution in [0.4, 0.5) is 0 Å². The lowest BCUT2D eigenvalue weighted by atomic mass is 10.1. The molecule has 1 aromatic rings. The van der Waals surface area contributed by atoms with Crippen LogP contribution in [0, 0.1) is 13.8 Å². The van der Waals surface area contributed by atoms with Crippen molar-refractivity contribution in [2.75, 3.05) is 0 Å². The van der Waals surface area contributed by atoms with Crippen molar-refractivity contribution in [3.8, 4) is 0 Å². The minimum absolute atomic E-state index is 0.0775. The van der Waals surface area contributed by atoms with Gasteiger partial charge in [-0.05, 0) is 26.7 Å². The van der Waals surface area contributed by atoms with Gasteiger partial charge in [-0.1, -0.05) is 11.6 Å². The van der Waals surface area contributed by atoms with Crippen molar-refractivity contribution in [1.29, 1.82) is 0 Å². The Balaban J connectivity index is 2.55. The third-order valence-corrected chi connectivity index (χ3v) is 4.08. The standard InChI is InChI=1S/C9H12ClNS/c1-5-7(9(11)3-4-9)8(10)6(2)12-5/h3-4,11H2,1-2H3.